The predicted octanol–water partition coefficient (Wildman–Crippen LogP) is 5.28. The van der Waals surface area contributed by atoms with Gasteiger partial charge in [0.25, 0.3) is 0 Å². The maximum atomic E-state index is 12.2. The minimum Gasteiger partial charge on any atom is -0.491 e. The molecule has 0 saturated heterocycles. The van der Waals surface area contributed by atoms with Gasteiger partial charge in [-0.3, -0.25) is 4.79 Å². The van der Waals surface area contributed by atoms with Gasteiger partial charge in [0.15, 0.2) is 0 Å². The van der Waals surface area contributed by atoms with Crippen LogP contribution in [-0.4, -0.2) is 24.0 Å². The third kappa shape index (κ3) is 5.10. The van der Waals surface area contributed by atoms with Crippen LogP contribution in [0.2, 0.25) is 0 Å². The van der Waals surface area contributed by atoms with Gasteiger partial charge in [0.2, 0.25) is 5.91 Å². The Kier molecular flexibility index (Phi) is 6.34. The van der Waals surface area contributed by atoms with E-state index < -0.39 is 0 Å². The number of amides is 1. The third-order valence-electron chi connectivity index (χ3n) is 4.28. The van der Waals surface area contributed by atoms with Crippen LogP contribution in [0.15, 0.2) is 77.5 Å². The molecule has 4 nitrogen and oxygen atoms in total. The highest BCUT2D eigenvalue weighted by molar-refractivity contribution is 7.20. The van der Waals surface area contributed by atoms with E-state index in [1.807, 2.05) is 65.4 Å². The minimum atomic E-state index is -0.0482. The van der Waals surface area contributed by atoms with Crippen molar-refractivity contribution >= 4 is 28.6 Å². The van der Waals surface area contributed by atoms with Gasteiger partial charge < -0.3 is 10.1 Å². The molecule has 0 fully saturated rings. The van der Waals surface area contributed by atoms with Crippen molar-refractivity contribution in [2.24, 2.45) is 0 Å². The maximum Gasteiger partial charge on any atom is 0.226 e. The van der Waals surface area contributed by atoms with Gasteiger partial charge >= 0.3 is 0 Å². The van der Waals surface area contributed by atoms with Crippen molar-refractivity contribution in [3.8, 4) is 26.8 Å². The number of aromatic nitrogens is 1. The number of thiazole rings is 1. The standard InChI is InChI=1S/C23H20N2O2S2/c26-22(15-18-16-29-23(25-18)21-11-6-14-28-21)24-12-13-27-20-10-5-4-9-19(20)17-7-2-1-3-8-17/h1-11,14,16H,12-13,15H2,(H,24,26). The Labute approximate surface area is 177 Å². The van der Waals surface area contributed by atoms with Crippen LogP contribution in [-0.2, 0) is 11.2 Å². The summed E-state index contributed by atoms with van der Waals surface area (Å²) in [6, 6.07) is 22.1. The quantitative estimate of drug-likeness (QED) is 0.395. The molecule has 0 aliphatic rings. The van der Waals surface area contributed by atoms with Crippen LogP contribution in [0.1, 0.15) is 5.69 Å². The summed E-state index contributed by atoms with van der Waals surface area (Å²) < 4.78 is 5.92. The van der Waals surface area contributed by atoms with Crippen molar-refractivity contribution in [2.45, 2.75) is 6.42 Å². The highest BCUT2D eigenvalue weighted by atomic mass is 32.1. The molecule has 29 heavy (non-hydrogen) atoms. The zero-order valence-electron chi connectivity index (χ0n) is 15.7. The van der Waals surface area contributed by atoms with Crippen LogP contribution >= 0.6 is 22.7 Å². The fourth-order valence-electron chi connectivity index (χ4n) is 2.93. The summed E-state index contributed by atoms with van der Waals surface area (Å²) in [6.45, 7) is 0.858. The molecule has 1 N–H and O–H groups in total. The molecule has 2 heterocycles. The second kappa shape index (κ2) is 9.49. The number of nitrogens with one attached hydrogen (secondary N) is 1. The first kappa shape index (κ1) is 19.4. The van der Waals surface area contributed by atoms with Gasteiger partial charge in [0, 0.05) is 10.9 Å². The van der Waals surface area contributed by atoms with Crippen LogP contribution in [0.4, 0.5) is 0 Å². The lowest BCUT2D eigenvalue weighted by atomic mass is 10.1. The van der Waals surface area contributed by atoms with E-state index in [0.717, 1.165) is 32.5 Å². The Hall–Kier alpha value is -2.96. The molecule has 0 unspecified atom stereocenters. The van der Waals surface area contributed by atoms with Gasteiger partial charge in [-0.05, 0) is 23.1 Å². The average Bonchev–Trinajstić information content (AvgIpc) is 3.44. The second-order valence-corrected chi connectivity index (χ2v) is 8.16. The molecule has 0 aliphatic heterocycles. The monoisotopic (exact) mass is 420 g/mol. The number of carbonyl (C=O) groups excluding carboxylic acids is 1. The van der Waals surface area contributed by atoms with E-state index in [-0.39, 0.29) is 12.3 Å². The smallest absolute Gasteiger partial charge is 0.226 e. The molecular formula is C23H20N2O2S2. The van der Waals surface area contributed by atoms with Crippen molar-refractivity contribution in [1.82, 2.24) is 10.3 Å². The number of para-hydroxylation sites is 1. The number of benzene rings is 2. The Morgan fingerprint density at radius 1 is 0.966 bits per heavy atom. The first-order chi connectivity index (χ1) is 14.3. The summed E-state index contributed by atoms with van der Waals surface area (Å²) in [4.78, 5) is 17.9. The predicted molar refractivity (Wildman–Crippen MR) is 120 cm³/mol. The van der Waals surface area contributed by atoms with Gasteiger partial charge in [-0.2, -0.15) is 0 Å². The average molecular weight is 421 g/mol. The number of rotatable bonds is 8. The highest BCUT2D eigenvalue weighted by Crippen LogP contribution is 2.29. The van der Waals surface area contributed by atoms with Gasteiger partial charge in [0.1, 0.15) is 17.4 Å². The van der Waals surface area contributed by atoms with Gasteiger partial charge in [-0.25, -0.2) is 4.98 Å². The van der Waals surface area contributed by atoms with E-state index >= 15 is 0 Å². The van der Waals surface area contributed by atoms with Crippen LogP contribution in [0.5, 0.6) is 5.75 Å². The van der Waals surface area contributed by atoms with Crippen molar-refractivity contribution in [1.29, 1.82) is 0 Å². The Balaban J connectivity index is 1.27. The lowest BCUT2D eigenvalue weighted by Crippen LogP contribution is -2.29. The molecule has 1 amide bonds. The summed E-state index contributed by atoms with van der Waals surface area (Å²) in [5.41, 5.74) is 2.95. The number of hydrogen-bond acceptors (Lipinski definition) is 5. The van der Waals surface area contributed by atoms with Crippen LogP contribution in [0, 0.1) is 0 Å². The number of ether oxygens (including phenoxy) is 1. The van der Waals surface area contributed by atoms with Gasteiger partial charge in [-0.15, -0.1) is 22.7 Å². The lowest BCUT2D eigenvalue weighted by molar-refractivity contribution is -0.120. The first-order valence-corrected chi connectivity index (χ1v) is 11.1. The molecule has 0 bridgehead atoms. The normalized spacial score (nSPS) is 10.6. The molecule has 0 spiro atoms. The van der Waals surface area contributed by atoms with E-state index in [9.17, 15) is 4.79 Å². The Morgan fingerprint density at radius 2 is 1.79 bits per heavy atom. The SMILES string of the molecule is O=C(Cc1csc(-c2cccs2)n1)NCCOc1ccccc1-c1ccccc1. The molecule has 146 valence electrons. The summed E-state index contributed by atoms with van der Waals surface area (Å²) >= 11 is 3.22. The van der Waals surface area contributed by atoms with Crippen LogP contribution in [0.3, 0.4) is 0 Å². The summed E-state index contributed by atoms with van der Waals surface area (Å²) in [5.74, 6) is 0.765. The van der Waals surface area contributed by atoms with E-state index in [0.29, 0.717) is 13.2 Å². The first-order valence-electron chi connectivity index (χ1n) is 9.32. The molecule has 6 heteroatoms. The van der Waals surface area contributed by atoms with Crippen molar-refractivity contribution in [2.75, 3.05) is 13.2 Å². The third-order valence-corrected chi connectivity index (χ3v) is 6.21. The highest BCUT2D eigenvalue weighted by Gasteiger charge is 2.10. The Morgan fingerprint density at radius 3 is 2.62 bits per heavy atom. The molecule has 2 aromatic carbocycles. The molecule has 0 saturated carbocycles. The van der Waals surface area contributed by atoms with E-state index in [4.69, 9.17) is 4.74 Å². The molecule has 0 radical (unpaired) electrons. The maximum absolute atomic E-state index is 12.2. The van der Waals surface area contributed by atoms with E-state index in [1.165, 1.54) is 0 Å². The van der Waals surface area contributed by atoms with E-state index in [1.54, 1.807) is 22.7 Å². The zero-order valence-corrected chi connectivity index (χ0v) is 17.3. The summed E-state index contributed by atoms with van der Waals surface area (Å²) in [5, 5.41) is 7.84. The summed E-state index contributed by atoms with van der Waals surface area (Å²) in [6.07, 6.45) is 0.280. The number of nitrogens with zero attached hydrogens (tertiary/aromatic N) is 1. The van der Waals surface area contributed by atoms with Crippen molar-refractivity contribution in [3.63, 3.8) is 0 Å². The number of carbonyl (C=O) groups is 1. The van der Waals surface area contributed by atoms with Crippen molar-refractivity contribution in [3.05, 3.63) is 83.2 Å². The molecular weight excluding hydrogens is 400 g/mol. The number of hydrogen-bond donors (Lipinski definition) is 1. The fraction of sp³-hybridized carbons (Fsp3) is 0.130. The van der Waals surface area contributed by atoms with Crippen molar-refractivity contribution < 1.29 is 9.53 Å². The molecule has 2 aromatic heterocycles. The lowest BCUT2D eigenvalue weighted by Gasteiger charge is -2.12. The van der Waals surface area contributed by atoms with Crippen LogP contribution < -0.4 is 10.1 Å². The molecule has 4 rings (SSSR count). The molecule has 0 aliphatic carbocycles. The largest absolute Gasteiger partial charge is 0.491 e. The van der Waals surface area contributed by atoms with E-state index in [2.05, 4.69) is 22.4 Å². The van der Waals surface area contributed by atoms with Gasteiger partial charge in [0.05, 0.1) is 23.5 Å². The minimum absolute atomic E-state index is 0.0482. The fourth-order valence-corrected chi connectivity index (χ4v) is 4.56. The zero-order chi connectivity index (χ0) is 19.9. The second-order valence-electron chi connectivity index (χ2n) is 6.36. The Bertz CT molecular complexity index is 1060. The van der Waals surface area contributed by atoms with Gasteiger partial charge in [-0.1, -0.05) is 54.6 Å². The number of thiophene rings is 1. The van der Waals surface area contributed by atoms with Crippen LogP contribution in [0.25, 0.3) is 21.0 Å². The molecule has 0 atom stereocenters. The topological polar surface area (TPSA) is 51.2 Å². The summed E-state index contributed by atoms with van der Waals surface area (Å²) in [7, 11) is 0. The molecule has 4 aromatic rings.